The number of nitrogens with zero attached hydrogens (tertiary/aromatic N) is 3. The smallest absolute Gasteiger partial charge is 0.261 e. The molecule has 2 heterocycles. The van der Waals surface area contributed by atoms with Gasteiger partial charge >= 0.3 is 0 Å². The third-order valence-corrected chi connectivity index (χ3v) is 6.06. The molecule has 0 unspecified atom stereocenters. The first-order valence-corrected chi connectivity index (χ1v) is 11.3. The quantitative estimate of drug-likeness (QED) is 0.413. The minimum Gasteiger partial charge on any atom is -0.352 e. The van der Waals surface area contributed by atoms with Gasteiger partial charge < -0.3 is 9.88 Å². The molecule has 0 spiro atoms. The SMILES string of the molecule is O=C(CCCN1C(=O)c2ccccc2C1=O)NCc1ccc(Cn2cnc3ccccc32)cc1. The van der Waals surface area contributed by atoms with Crippen molar-refractivity contribution in [3.63, 3.8) is 0 Å². The second-order valence-electron chi connectivity index (χ2n) is 8.37. The lowest BCUT2D eigenvalue weighted by Crippen LogP contribution is -2.32. The van der Waals surface area contributed by atoms with Crippen molar-refractivity contribution in [3.05, 3.63) is 101 Å². The number of benzene rings is 3. The number of amides is 3. The van der Waals surface area contributed by atoms with Crippen LogP contribution in [0.1, 0.15) is 44.7 Å². The Labute approximate surface area is 197 Å². The van der Waals surface area contributed by atoms with E-state index in [4.69, 9.17) is 0 Å². The lowest BCUT2D eigenvalue weighted by atomic mass is 10.1. The van der Waals surface area contributed by atoms with E-state index in [-0.39, 0.29) is 30.7 Å². The highest BCUT2D eigenvalue weighted by Crippen LogP contribution is 2.22. The standard InChI is InChI=1S/C27H24N4O3/c32-25(10-5-15-31-26(33)21-6-1-2-7-22(21)27(31)34)28-16-19-11-13-20(14-12-19)17-30-18-29-23-8-3-4-9-24(23)30/h1-4,6-9,11-14,18H,5,10,15-17H2,(H,28,32). The number of imide groups is 1. The molecule has 4 aromatic rings. The van der Waals surface area contributed by atoms with Crippen LogP contribution in [0.4, 0.5) is 0 Å². The molecule has 0 aliphatic carbocycles. The van der Waals surface area contributed by atoms with Crippen LogP contribution >= 0.6 is 0 Å². The van der Waals surface area contributed by atoms with Crippen LogP contribution in [-0.4, -0.2) is 38.7 Å². The average molecular weight is 453 g/mol. The summed E-state index contributed by atoms with van der Waals surface area (Å²) in [6, 6.07) is 23.0. The third-order valence-electron chi connectivity index (χ3n) is 6.06. The highest BCUT2D eigenvalue weighted by Gasteiger charge is 2.34. The van der Waals surface area contributed by atoms with Gasteiger partial charge in [0.05, 0.1) is 28.5 Å². The molecule has 7 nitrogen and oxygen atoms in total. The summed E-state index contributed by atoms with van der Waals surface area (Å²) >= 11 is 0. The minimum absolute atomic E-state index is 0.106. The molecule has 0 radical (unpaired) electrons. The molecular weight excluding hydrogens is 428 g/mol. The van der Waals surface area contributed by atoms with Gasteiger partial charge in [-0.3, -0.25) is 19.3 Å². The molecule has 170 valence electrons. The fourth-order valence-electron chi connectivity index (χ4n) is 4.22. The lowest BCUT2D eigenvalue weighted by Gasteiger charge is -2.13. The molecule has 7 heteroatoms. The summed E-state index contributed by atoms with van der Waals surface area (Å²) in [6.45, 7) is 1.39. The number of hydrogen-bond acceptors (Lipinski definition) is 4. The van der Waals surface area contributed by atoms with Crippen molar-refractivity contribution in [2.45, 2.75) is 25.9 Å². The zero-order valence-corrected chi connectivity index (χ0v) is 18.6. The number of para-hydroxylation sites is 2. The van der Waals surface area contributed by atoms with Crippen LogP contribution in [-0.2, 0) is 17.9 Å². The normalized spacial score (nSPS) is 12.9. The minimum atomic E-state index is -0.287. The molecule has 5 rings (SSSR count). The molecule has 1 aliphatic heterocycles. The van der Waals surface area contributed by atoms with E-state index in [2.05, 4.69) is 33.1 Å². The second-order valence-corrected chi connectivity index (χ2v) is 8.37. The molecular formula is C27H24N4O3. The van der Waals surface area contributed by atoms with E-state index < -0.39 is 0 Å². The van der Waals surface area contributed by atoms with Crippen molar-refractivity contribution in [3.8, 4) is 0 Å². The zero-order chi connectivity index (χ0) is 23.5. The number of aromatic nitrogens is 2. The number of rotatable bonds is 8. The fourth-order valence-corrected chi connectivity index (χ4v) is 4.22. The largest absolute Gasteiger partial charge is 0.352 e. The third kappa shape index (κ3) is 4.32. The maximum atomic E-state index is 12.4. The molecule has 0 fully saturated rings. The van der Waals surface area contributed by atoms with Gasteiger partial charge in [-0.25, -0.2) is 4.98 Å². The number of carbonyl (C=O) groups is 3. The van der Waals surface area contributed by atoms with Crippen molar-refractivity contribution in [1.82, 2.24) is 19.8 Å². The summed E-state index contributed by atoms with van der Waals surface area (Å²) < 4.78 is 2.11. The van der Waals surface area contributed by atoms with Crippen molar-refractivity contribution >= 4 is 28.8 Å². The number of fused-ring (bicyclic) bond motifs is 2. The maximum absolute atomic E-state index is 12.4. The average Bonchev–Trinajstić information content (AvgIpc) is 3.38. The van der Waals surface area contributed by atoms with Crippen LogP contribution in [0.15, 0.2) is 79.1 Å². The van der Waals surface area contributed by atoms with E-state index in [9.17, 15) is 14.4 Å². The summed E-state index contributed by atoms with van der Waals surface area (Å²) in [6.07, 6.45) is 2.52. The molecule has 0 atom stereocenters. The summed E-state index contributed by atoms with van der Waals surface area (Å²) in [5, 5.41) is 2.91. The number of carbonyl (C=O) groups excluding carboxylic acids is 3. The van der Waals surface area contributed by atoms with Gasteiger partial charge in [0.25, 0.3) is 11.8 Å². The van der Waals surface area contributed by atoms with E-state index in [0.717, 1.165) is 28.7 Å². The van der Waals surface area contributed by atoms with Crippen molar-refractivity contribution in [2.75, 3.05) is 6.54 Å². The van der Waals surface area contributed by atoms with E-state index in [1.165, 1.54) is 4.90 Å². The Morgan fingerprint density at radius 3 is 2.21 bits per heavy atom. The Morgan fingerprint density at radius 1 is 0.824 bits per heavy atom. The molecule has 0 bridgehead atoms. The topological polar surface area (TPSA) is 84.3 Å². The molecule has 3 amide bonds. The van der Waals surface area contributed by atoms with Gasteiger partial charge in [-0.1, -0.05) is 48.5 Å². The summed E-state index contributed by atoms with van der Waals surface area (Å²) in [7, 11) is 0. The summed E-state index contributed by atoms with van der Waals surface area (Å²) in [5.41, 5.74) is 5.10. The van der Waals surface area contributed by atoms with Crippen LogP contribution in [0.25, 0.3) is 11.0 Å². The van der Waals surface area contributed by atoms with E-state index in [1.54, 1.807) is 24.3 Å². The lowest BCUT2D eigenvalue weighted by molar-refractivity contribution is -0.121. The molecule has 1 aliphatic rings. The van der Waals surface area contributed by atoms with E-state index in [0.29, 0.717) is 24.1 Å². The van der Waals surface area contributed by atoms with Gasteiger partial charge in [0, 0.05) is 26.1 Å². The molecule has 1 aromatic heterocycles. The summed E-state index contributed by atoms with van der Waals surface area (Å²) in [5.74, 6) is -0.680. The molecule has 34 heavy (non-hydrogen) atoms. The van der Waals surface area contributed by atoms with E-state index in [1.807, 2.05) is 36.7 Å². The van der Waals surface area contributed by atoms with Crippen LogP contribution < -0.4 is 5.32 Å². The Hall–Kier alpha value is -4.26. The van der Waals surface area contributed by atoms with E-state index >= 15 is 0 Å². The fraction of sp³-hybridized carbons (Fsp3) is 0.185. The number of nitrogens with one attached hydrogen (secondary N) is 1. The first-order valence-electron chi connectivity index (χ1n) is 11.3. The monoisotopic (exact) mass is 452 g/mol. The first kappa shape index (κ1) is 21.6. The second kappa shape index (κ2) is 9.31. The Bertz CT molecular complexity index is 1340. The zero-order valence-electron chi connectivity index (χ0n) is 18.6. The van der Waals surface area contributed by atoms with Crippen LogP contribution in [0.3, 0.4) is 0 Å². The molecule has 3 aromatic carbocycles. The number of hydrogen-bond donors (Lipinski definition) is 1. The maximum Gasteiger partial charge on any atom is 0.261 e. The Balaban J connectivity index is 1.08. The van der Waals surface area contributed by atoms with Gasteiger partial charge in [0.2, 0.25) is 5.91 Å². The summed E-state index contributed by atoms with van der Waals surface area (Å²) in [4.78, 5) is 42.7. The van der Waals surface area contributed by atoms with Crippen molar-refractivity contribution < 1.29 is 14.4 Å². The number of imidazole rings is 1. The Morgan fingerprint density at radius 2 is 1.47 bits per heavy atom. The van der Waals surface area contributed by atoms with Crippen molar-refractivity contribution in [2.24, 2.45) is 0 Å². The Kier molecular flexibility index (Phi) is 5.91. The molecule has 0 saturated carbocycles. The first-order chi connectivity index (χ1) is 16.6. The highest BCUT2D eigenvalue weighted by atomic mass is 16.2. The van der Waals surface area contributed by atoms with Gasteiger partial charge in [0.1, 0.15) is 0 Å². The van der Waals surface area contributed by atoms with Gasteiger partial charge in [0.15, 0.2) is 0 Å². The highest BCUT2D eigenvalue weighted by molar-refractivity contribution is 6.21. The van der Waals surface area contributed by atoms with Gasteiger partial charge in [-0.05, 0) is 41.8 Å². The van der Waals surface area contributed by atoms with Crippen LogP contribution in [0.5, 0.6) is 0 Å². The van der Waals surface area contributed by atoms with Crippen LogP contribution in [0.2, 0.25) is 0 Å². The molecule has 0 saturated heterocycles. The van der Waals surface area contributed by atoms with Crippen LogP contribution in [0, 0.1) is 0 Å². The van der Waals surface area contributed by atoms with Gasteiger partial charge in [-0.15, -0.1) is 0 Å². The molecule has 1 N–H and O–H groups in total. The predicted molar refractivity (Wildman–Crippen MR) is 128 cm³/mol. The predicted octanol–water partition coefficient (Wildman–Crippen LogP) is 3.78. The van der Waals surface area contributed by atoms with Crippen molar-refractivity contribution in [1.29, 1.82) is 0 Å². The van der Waals surface area contributed by atoms with Gasteiger partial charge in [-0.2, -0.15) is 0 Å².